The summed E-state index contributed by atoms with van der Waals surface area (Å²) in [6.07, 6.45) is 10.2. The predicted octanol–water partition coefficient (Wildman–Crippen LogP) is 1.65. The molecule has 1 aliphatic heterocycles. The van der Waals surface area contributed by atoms with Crippen LogP contribution < -0.4 is 4.99 Å². The van der Waals surface area contributed by atoms with E-state index < -0.39 is 0 Å². The molecule has 1 rings (SSSR count). The van der Waals surface area contributed by atoms with Crippen molar-refractivity contribution in [3.8, 4) is 0 Å². The third kappa shape index (κ3) is 1.84. The van der Waals surface area contributed by atoms with Crippen molar-refractivity contribution >= 4 is 6.21 Å². The van der Waals surface area contributed by atoms with E-state index in [1.807, 2.05) is 12.4 Å². The highest BCUT2D eigenvalue weighted by Crippen LogP contribution is 2.05. The molecule has 0 aromatic heterocycles. The number of hydrogen-bond acceptors (Lipinski definition) is 1. The van der Waals surface area contributed by atoms with Crippen LogP contribution in [0.1, 0.15) is 19.8 Å². The van der Waals surface area contributed by atoms with Gasteiger partial charge in [-0.05, 0) is 12.0 Å². The number of allylic oxidation sites excluding steroid dienone is 3. The van der Waals surface area contributed by atoms with Crippen LogP contribution in [0.5, 0.6) is 0 Å². The normalized spacial score (nSPS) is 15.9. The van der Waals surface area contributed by atoms with Gasteiger partial charge in [-0.2, -0.15) is 0 Å². The van der Waals surface area contributed by atoms with Crippen LogP contribution in [0, 0.1) is 0 Å². The second-order valence-corrected chi connectivity index (χ2v) is 2.11. The first-order valence-corrected chi connectivity index (χ1v) is 3.32. The zero-order chi connectivity index (χ0) is 6.53. The molecule has 0 saturated carbocycles. The summed E-state index contributed by atoms with van der Waals surface area (Å²) in [5, 5.41) is 0. The Bertz CT molecular complexity index is 163. The first-order chi connectivity index (χ1) is 4.43. The molecule has 1 aliphatic rings. The van der Waals surface area contributed by atoms with E-state index >= 15 is 0 Å². The van der Waals surface area contributed by atoms with Crippen LogP contribution in [-0.4, -0.2) is 6.21 Å². The molecule has 0 unspecified atom stereocenters. The molecule has 0 N–H and O–H groups in total. The first kappa shape index (κ1) is 6.27. The Morgan fingerprint density at radius 3 is 3.00 bits per heavy atom. The lowest BCUT2D eigenvalue weighted by atomic mass is 10.1. The lowest BCUT2D eigenvalue weighted by Crippen LogP contribution is -1.89. The number of hydrogen-bond donors (Lipinski definition) is 0. The average molecular weight is 121 g/mol. The third-order valence-corrected chi connectivity index (χ3v) is 1.29. The van der Waals surface area contributed by atoms with Crippen molar-refractivity contribution in [1.82, 2.24) is 4.99 Å². The van der Waals surface area contributed by atoms with Gasteiger partial charge in [0.1, 0.15) is 0 Å². The van der Waals surface area contributed by atoms with E-state index in [0.717, 1.165) is 0 Å². The highest BCUT2D eigenvalue weighted by atomic mass is 14.7. The van der Waals surface area contributed by atoms with Crippen molar-refractivity contribution in [2.45, 2.75) is 19.8 Å². The molecule has 0 fully saturated rings. The van der Waals surface area contributed by atoms with Crippen LogP contribution in [0.25, 0.3) is 0 Å². The van der Waals surface area contributed by atoms with Gasteiger partial charge in [0.2, 0.25) is 12.4 Å². The Balaban J connectivity index is 2.51. The first-order valence-electron chi connectivity index (χ1n) is 3.32. The molecule has 1 heterocycles. The molecule has 0 atom stereocenters. The van der Waals surface area contributed by atoms with Crippen LogP contribution in [0.4, 0.5) is 0 Å². The van der Waals surface area contributed by atoms with Crippen molar-refractivity contribution in [2.24, 2.45) is 0 Å². The molecular formula is C8H11N+. The quantitative estimate of drug-likeness (QED) is 0.527. The van der Waals surface area contributed by atoms with Crippen molar-refractivity contribution in [1.29, 1.82) is 0 Å². The third-order valence-electron chi connectivity index (χ3n) is 1.29. The summed E-state index contributed by atoms with van der Waals surface area (Å²) >= 11 is 0. The topological polar surface area (TPSA) is 14.1 Å². The van der Waals surface area contributed by atoms with Crippen LogP contribution in [0.15, 0.2) is 23.9 Å². The summed E-state index contributed by atoms with van der Waals surface area (Å²) < 4.78 is 0. The van der Waals surface area contributed by atoms with Crippen LogP contribution >= 0.6 is 0 Å². The summed E-state index contributed by atoms with van der Waals surface area (Å²) in [5.41, 5.74) is 1.38. The van der Waals surface area contributed by atoms with E-state index in [0.29, 0.717) is 0 Å². The van der Waals surface area contributed by atoms with E-state index in [-0.39, 0.29) is 0 Å². The summed E-state index contributed by atoms with van der Waals surface area (Å²) in [6.45, 7) is 2.18. The van der Waals surface area contributed by atoms with Crippen molar-refractivity contribution < 1.29 is 0 Å². The Morgan fingerprint density at radius 1 is 1.56 bits per heavy atom. The van der Waals surface area contributed by atoms with E-state index in [2.05, 4.69) is 24.1 Å². The van der Waals surface area contributed by atoms with Gasteiger partial charge in [0.05, 0.1) is 4.99 Å². The molecule has 9 heavy (non-hydrogen) atoms. The van der Waals surface area contributed by atoms with Gasteiger partial charge in [0.15, 0.2) is 0 Å². The van der Waals surface area contributed by atoms with Gasteiger partial charge >= 0.3 is 0 Å². The maximum absolute atomic E-state index is 3.93. The van der Waals surface area contributed by atoms with Gasteiger partial charge in [-0.25, -0.2) is 0 Å². The van der Waals surface area contributed by atoms with Crippen molar-refractivity contribution in [3.05, 3.63) is 23.9 Å². The molecule has 0 aromatic rings. The fourth-order valence-electron chi connectivity index (χ4n) is 0.838. The van der Waals surface area contributed by atoms with Gasteiger partial charge in [0.25, 0.3) is 0 Å². The Kier molecular flexibility index (Phi) is 2.25. The molecule has 0 spiro atoms. The molecular weight excluding hydrogens is 110 g/mol. The summed E-state index contributed by atoms with van der Waals surface area (Å²) in [6, 6.07) is 0. The van der Waals surface area contributed by atoms with Crippen LogP contribution in [-0.2, 0) is 0 Å². The fraction of sp³-hybridized carbons (Fsp3) is 0.375. The van der Waals surface area contributed by atoms with E-state index in [1.165, 1.54) is 18.4 Å². The fourth-order valence-corrected chi connectivity index (χ4v) is 0.838. The van der Waals surface area contributed by atoms with E-state index in [4.69, 9.17) is 0 Å². The largest absolute Gasteiger partial charge is 0.242 e. The Labute approximate surface area is 55.8 Å². The molecule has 1 nitrogen and oxygen atoms in total. The molecule has 1 radical (unpaired) electrons. The molecule has 1 heteroatoms. The lowest BCUT2D eigenvalue weighted by molar-refractivity contribution is 0.925. The Hall–Kier alpha value is -0.850. The zero-order valence-corrected chi connectivity index (χ0v) is 5.67. The minimum Gasteiger partial charge on any atom is -0.0651 e. The van der Waals surface area contributed by atoms with Crippen LogP contribution in [0.3, 0.4) is 0 Å². The number of aliphatic imine (C=N–C) groups is 1. The van der Waals surface area contributed by atoms with Gasteiger partial charge < -0.3 is 0 Å². The minimum absolute atomic E-state index is 1.17. The van der Waals surface area contributed by atoms with Gasteiger partial charge in [-0.1, -0.05) is 13.3 Å². The van der Waals surface area contributed by atoms with Crippen molar-refractivity contribution in [2.75, 3.05) is 0 Å². The van der Waals surface area contributed by atoms with E-state index in [1.54, 1.807) is 0 Å². The monoisotopic (exact) mass is 121 g/mol. The maximum atomic E-state index is 3.93. The van der Waals surface area contributed by atoms with Gasteiger partial charge in [-0.15, -0.1) is 0 Å². The number of rotatable bonds is 2. The van der Waals surface area contributed by atoms with Crippen LogP contribution in [0.2, 0.25) is 0 Å². The summed E-state index contributed by atoms with van der Waals surface area (Å²) in [7, 11) is 0. The molecule has 47 valence electrons. The number of nitrogens with zero attached hydrogens (tertiary/aromatic N) is 1. The molecule has 0 aliphatic carbocycles. The van der Waals surface area contributed by atoms with Gasteiger partial charge in [0, 0.05) is 12.2 Å². The SMILES string of the molecule is CCCC1=CC=[N+]C=C1. The summed E-state index contributed by atoms with van der Waals surface area (Å²) in [4.78, 5) is 3.93. The second-order valence-electron chi connectivity index (χ2n) is 2.11. The molecule has 0 saturated heterocycles. The summed E-state index contributed by atoms with van der Waals surface area (Å²) in [5.74, 6) is 0. The zero-order valence-electron chi connectivity index (χ0n) is 5.67. The average Bonchev–Trinajstić information content (AvgIpc) is 1.91. The second kappa shape index (κ2) is 3.23. The van der Waals surface area contributed by atoms with E-state index in [9.17, 15) is 0 Å². The van der Waals surface area contributed by atoms with Gasteiger partial charge in [-0.3, -0.25) is 0 Å². The molecule has 0 bridgehead atoms. The predicted molar refractivity (Wildman–Crippen MR) is 40.3 cm³/mol. The lowest BCUT2D eigenvalue weighted by Gasteiger charge is -1.93. The maximum Gasteiger partial charge on any atom is 0.242 e. The highest BCUT2D eigenvalue weighted by Gasteiger charge is 1.96. The highest BCUT2D eigenvalue weighted by molar-refractivity contribution is 5.73. The standard InChI is InChI=1S/C8H11N/c1-2-3-8-4-6-9-7-5-8/h4-7H,2-3H2,1H3/q+1. The molecule has 0 aromatic carbocycles. The minimum atomic E-state index is 1.17. The van der Waals surface area contributed by atoms with Crippen molar-refractivity contribution in [3.63, 3.8) is 0 Å². The Morgan fingerprint density at radius 2 is 2.44 bits per heavy atom. The smallest absolute Gasteiger partial charge is 0.0651 e. The molecule has 0 amide bonds.